The second kappa shape index (κ2) is 8.06. The summed E-state index contributed by atoms with van der Waals surface area (Å²) >= 11 is 1.51. The Morgan fingerprint density at radius 2 is 1.96 bits per heavy atom. The highest BCUT2D eigenvalue weighted by Crippen LogP contribution is 2.28. The summed E-state index contributed by atoms with van der Waals surface area (Å²) in [6.45, 7) is 2.00. The number of amides is 1. The van der Waals surface area contributed by atoms with Crippen LogP contribution in [-0.2, 0) is 0 Å². The summed E-state index contributed by atoms with van der Waals surface area (Å²) in [6, 6.07) is 11.1. The molecule has 6 nitrogen and oxygen atoms in total. The van der Waals surface area contributed by atoms with Crippen molar-refractivity contribution >= 4 is 17.2 Å². The van der Waals surface area contributed by atoms with Crippen LogP contribution in [0.15, 0.2) is 53.6 Å². The number of aryl methyl sites for hydroxylation is 1. The number of rotatable bonds is 4. The number of carbonyl (C=O) groups is 1. The standard InChI is InChI=1S/C21H22N4O2S/c1-14-4-10-19(28-14)21(27)23-16-5-7-17(8-6-16)25-20(26)11-9-18(24-25)15-3-2-12-22-13-15/h2-4,9-13,16-17H,5-8H2,1H3,(H,23,27). The Morgan fingerprint density at radius 3 is 2.64 bits per heavy atom. The molecule has 4 rings (SSSR count). The van der Waals surface area contributed by atoms with Gasteiger partial charge in [-0.1, -0.05) is 0 Å². The SMILES string of the molecule is Cc1ccc(C(=O)NC2CCC(n3nc(-c4cccnc4)ccc3=O)CC2)s1. The Morgan fingerprint density at radius 1 is 1.14 bits per heavy atom. The predicted octanol–water partition coefficient (Wildman–Crippen LogP) is 3.59. The van der Waals surface area contributed by atoms with E-state index in [0.717, 1.165) is 46.7 Å². The molecule has 0 aromatic carbocycles. The third kappa shape index (κ3) is 4.04. The minimum Gasteiger partial charge on any atom is -0.349 e. The first-order valence-corrected chi connectivity index (χ1v) is 10.3. The van der Waals surface area contributed by atoms with E-state index in [9.17, 15) is 9.59 Å². The summed E-state index contributed by atoms with van der Waals surface area (Å²) < 4.78 is 1.60. The van der Waals surface area contributed by atoms with E-state index >= 15 is 0 Å². The van der Waals surface area contributed by atoms with E-state index in [2.05, 4.69) is 15.4 Å². The lowest BCUT2D eigenvalue weighted by molar-refractivity contribution is 0.0925. The molecular formula is C21H22N4O2S. The highest BCUT2D eigenvalue weighted by molar-refractivity contribution is 7.13. The molecule has 0 bridgehead atoms. The average Bonchev–Trinajstić information content (AvgIpc) is 3.16. The number of nitrogens with zero attached hydrogens (tertiary/aromatic N) is 3. The van der Waals surface area contributed by atoms with Crippen LogP contribution in [-0.4, -0.2) is 26.7 Å². The van der Waals surface area contributed by atoms with Crippen molar-refractivity contribution in [3.8, 4) is 11.3 Å². The van der Waals surface area contributed by atoms with Crippen LogP contribution in [0.25, 0.3) is 11.3 Å². The maximum Gasteiger partial charge on any atom is 0.267 e. The minimum absolute atomic E-state index is 0.00424. The summed E-state index contributed by atoms with van der Waals surface area (Å²) in [5, 5.41) is 7.71. The molecule has 0 atom stereocenters. The molecule has 0 aliphatic heterocycles. The second-order valence-corrected chi connectivity index (χ2v) is 8.42. The fourth-order valence-electron chi connectivity index (χ4n) is 3.63. The van der Waals surface area contributed by atoms with Crippen molar-refractivity contribution in [3.63, 3.8) is 0 Å². The van der Waals surface area contributed by atoms with Crippen molar-refractivity contribution in [2.75, 3.05) is 0 Å². The Bertz CT molecular complexity index is 1020. The van der Waals surface area contributed by atoms with Gasteiger partial charge in [-0.05, 0) is 62.9 Å². The lowest BCUT2D eigenvalue weighted by Gasteiger charge is -2.29. The van der Waals surface area contributed by atoms with Crippen LogP contribution in [0.1, 0.15) is 46.3 Å². The molecule has 3 aromatic rings. The van der Waals surface area contributed by atoms with Crippen LogP contribution >= 0.6 is 11.3 Å². The monoisotopic (exact) mass is 394 g/mol. The van der Waals surface area contributed by atoms with E-state index in [4.69, 9.17) is 0 Å². The first-order chi connectivity index (χ1) is 13.6. The third-order valence-electron chi connectivity index (χ3n) is 5.12. The van der Waals surface area contributed by atoms with Gasteiger partial charge < -0.3 is 5.32 Å². The van der Waals surface area contributed by atoms with Gasteiger partial charge in [-0.2, -0.15) is 5.10 Å². The van der Waals surface area contributed by atoms with Crippen LogP contribution < -0.4 is 10.9 Å². The molecule has 28 heavy (non-hydrogen) atoms. The molecule has 7 heteroatoms. The Balaban J connectivity index is 1.42. The first kappa shape index (κ1) is 18.6. The highest BCUT2D eigenvalue weighted by atomic mass is 32.1. The average molecular weight is 395 g/mol. The smallest absolute Gasteiger partial charge is 0.267 e. The molecule has 0 radical (unpaired) electrons. The summed E-state index contributed by atoms with van der Waals surface area (Å²) in [5.41, 5.74) is 1.55. The molecular weight excluding hydrogens is 372 g/mol. The van der Waals surface area contributed by atoms with Crippen LogP contribution in [0.5, 0.6) is 0 Å². The van der Waals surface area contributed by atoms with E-state index in [1.54, 1.807) is 29.2 Å². The molecule has 0 unspecified atom stereocenters. The Labute approximate surface area is 167 Å². The van der Waals surface area contributed by atoms with Crippen molar-refractivity contribution in [2.45, 2.75) is 44.7 Å². The van der Waals surface area contributed by atoms with Gasteiger partial charge in [0.25, 0.3) is 11.5 Å². The van der Waals surface area contributed by atoms with E-state index < -0.39 is 0 Å². The fraction of sp³-hybridized carbons (Fsp3) is 0.333. The lowest BCUT2D eigenvalue weighted by atomic mass is 9.91. The summed E-state index contributed by atoms with van der Waals surface area (Å²) in [4.78, 5) is 30.7. The zero-order chi connectivity index (χ0) is 19.5. The van der Waals surface area contributed by atoms with Gasteiger partial charge in [0.2, 0.25) is 0 Å². The predicted molar refractivity (Wildman–Crippen MR) is 110 cm³/mol. The van der Waals surface area contributed by atoms with Crippen molar-refractivity contribution in [1.82, 2.24) is 20.1 Å². The highest BCUT2D eigenvalue weighted by Gasteiger charge is 2.25. The molecule has 0 spiro atoms. The van der Waals surface area contributed by atoms with Gasteiger partial charge in [-0.15, -0.1) is 11.3 Å². The Hall–Kier alpha value is -2.80. The van der Waals surface area contributed by atoms with Gasteiger partial charge in [0, 0.05) is 34.9 Å². The van der Waals surface area contributed by atoms with Crippen molar-refractivity contribution < 1.29 is 4.79 Å². The summed E-state index contributed by atoms with van der Waals surface area (Å²) in [5.74, 6) is -0.00424. The van der Waals surface area contributed by atoms with Gasteiger partial charge in [-0.25, -0.2) is 4.68 Å². The van der Waals surface area contributed by atoms with Gasteiger partial charge in [0.1, 0.15) is 0 Å². The molecule has 0 saturated heterocycles. The molecule has 144 valence electrons. The van der Waals surface area contributed by atoms with Crippen molar-refractivity contribution in [1.29, 1.82) is 0 Å². The van der Waals surface area contributed by atoms with Gasteiger partial charge in [0.15, 0.2) is 0 Å². The minimum atomic E-state index is -0.0887. The first-order valence-electron chi connectivity index (χ1n) is 9.48. The number of carbonyl (C=O) groups excluding carboxylic acids is 1. The van der Waals surface area contributed by atoms with Crippen LogP contribution in [0, 0.1) is 6.92 Å². The van der Waals surface area contributed by atoms with Gasteiger partial charge in [0.05, 0.1) is 16.6 Å². The van der Waals surface area contributed by atoms with E-state index in [-0.39, 0.29) is 23.6 Å². The van der Waals surface area contributed by atoms with E-state index in [1.165, 1.54) is 11.3 Å². The van der Waals surface area contributed by atoms with Crippen molar-refractivity contribution in [3.05, 3.63) is 68.9 Å². The van der Waals surface area contributed by atoms with E-state index in [0.29, 0.717) is 0 Å². The summed E-state index contributed by atoms with van der Waals surface area (Å²) in [7, 11) is 0. The number of hydrogen-bond donors (Lipinski definition) is 1. The number of thiophene rings is 1. The zero-order valence-corrected chi connectivity index (χ0v) is 16.5. The van der Waals surface area contributed by atoms with Crippen LogP contribution in [0.3, 0.4) is 0 Å². The van der Waals surface area contributed by atoms with Crippen LogP contribution in [0.4, 0.5) is 0 Å². The molecule has 1 fully saturated rings. The number of aromatic nitrogens is 3. The molecule has 3 heterocycles. The third-order valence-corrected chi connectivity index (χ3v) is 6.12. The lowest BCUT2D eigenvalue weighted by Crippen LogP contribution is -2.39. The molecule has 1 saturated carbocycles. The van der Waals surface area contributed by atoms with Crippen molar-refractivity contribution in [2.24, 2.45) is 0 Å². The van der Waals surface area contributed by atoms with Gasteiger partial charge >= 0.3 is 0 Å². The maximum atomic E-state index is 12.4. The van der Waals surface area contributed by atoms with Gasteiger partial charge in [-0.3, -0.25) is 14.6 Å². The molecule has 1 N–H and O–H groups in total. The fourth-order valence-corrected chi connectivity index (χ4v) is 4.40. The van der Waals surface area contributed by atoms with Crippen LogP contribution in [0.2, 0.25) is 0 Å². The van der Waals surface area contributed by atoms with E-state index in [1.807, 2.05) is 31.2 Å². The zero-order valence-electron chi connectivity index (χ0n) is 15.7. The molecule has 1 amide bonds. The summed E-state index contributed by atoms with van der Waals surface area (Å²) in [6.07, 6.45) is 6.77. The normalized spacial score (nSPS) is 19.3. The second-order valence-electron chi connectivity index (χ2n) is 7.13. The largest absolute Gasteiger partial charge is 0.349 e. The maximum absolute atomic E-state index is 12.4. The molecule has 3 aromatic heterocycles. The Kier molecular flexibility index (Phi) is 5.34. The quantitative estimate of drug-likeness (QED) is 0.734. The molecule has 1 aliphatic rings. The number of nitrogens with one attached hydrogen (secondary N) is 1. The number of hydrogen-bond acceptors (Lipinski definition) is 5. The topological polar surface area (TPSA) is 76.9 Å². The molecule has 1 aliphatic carbocycles. The number of pyridine rings is 1.